The van der Waals surface area contributed by atoms with Crippen molar-refractivity contribution in [1.29, 1.82) is 5.26 Å². The molecule has 4 heteroatoms. The van der Waals surface area contributed by atoms with Gasteiger partial charge in [-0.25, -0.2) is 0 Å². The van der Waals surface area contributed by atoms with E-state index in [2.05, 4.69) is 13.0 Å². The third-order valence-corrected chi connectivity index (χ3v) is 3.92. The van der Waals surface area contributed by atoms with Crippen molar-refractivity contribution in [2.24, 2.45) is 5.92 Å². The summed E-state index contributed by atoms with van der Waals surface area (Å²) < 4.78 is 5.51. The molecule has 2 fully saturated rings. The van der Waals surface area contributed by atoms with Crippen LogP contribution in [0.4, 0.5) is 0 Å². The maximum absolute atomic E-state index is 12.4. The van der Waals surface area contributed by atoms with Gasteiger partial charge in [0.05, 0.1) is 6.07 Å². The molecule has 0 spiro atoms. The molecule has 2 rings (SSSR count). The summed E-state index contributed by atoms with van der Waals surface area (Å²) in [6.07, 6.45) is 5.04. The van der Waals surface area contributed by atoms with Gasteiger partial charge in [-0.05, 0) is 25.2 Å². The summed E-state index contributed by atoms with van der Waals surface area (Å²) in [5.74, 6) is 0.313. The zero-order valence-corrected chi connectivity index (χ0v) is 10.4. The van der Waals surface area contributed by atoms with Crippen molar-refractivity contribution in [3.63, 3.8) is 0 Å². The van der Waals surface area contributed by atoms with E-state index in [0.29, 0.717) is 6.61 Å². The second-order valence-electron chi connectivity index (χ2n) is 5.12. The maximum atomic E-state index is 12.4. The first-order valence-corrected chi connectivity index (χ1v) is 6.53. The van der Waals surface area contributed by atoms with E-state index < -0.39 is 0 Å². The van der Waals surface area contributed by atoms with E-state index in [1.165, 1.54) is 12.8 Å². The Morgan fingerprint density at radius 1 is 1.41 bits per heavy atom. The fourth-order valence-electron chi connectivity index (χ4n) is 2.85. The minimum Gasteiger partial charge on any atom is -0.368 e. The van der Waals surface area contributed by atoms with Crippen molar-refractivity contribution in [1.82, 2.24) is 4.90 Å². The third-order valence-electron chi connectivity index (χ3n) is 3.92. The number of carbonyl (C=O) groups excluding carboxylic acids is 1. The average molecular weight is 236 g/mol. The van der Waals surface area contributed by atoms with E-state index in [1.54, 1.807) is 4.90 Å². The van der Waals surface area contributed by atoms with Crippen LogP contribution in [-0.4, -0.2) is 36.1 Å². The van der Waals surface area contributed by atoms with E-state index in [-0.39, 0.29) is 30.5 Å². The molecular formula is C13H20N2O2. The molecule has 0 radical (unpaired) electrons. The van der Waals surface area contributed by atoms with Crippen molar-refractivity contribution < 1.29 is 9.53 Å². The molecule has 0 N–H and O–H groups in total. The lowest BCUT2D eigenvalue weighted by Crippen LogP contribution is -2.46. The van der Waals surface area contributed by atoms with Crippen LogP contribution in [0, 0.1) is 17.2 Å². The van der Waals surface area contributed by atoms with Gasteiger partial charge >= 0.3 is 0 Å². The van der Waals surface area contributed by atoms with Gasteiger partial charge in [0.1, 0.15) is 12.6 Å². The van der Waals surface area contributed by atoms with Gasteiger partial charge in [-0.15, -0.1) is 0 Å². The smallest absolute Gasteiger partial charge is 0.253 e. The summed E-state index contributed by atoms with van der Waals surface area (Å²) in [5, 5.41) is 8.87. The van der Waals surface area contributed by atoms with Crippen LogP contribution in [0.15, 0.2) is 0 Å². The van der Waals surface area contributed by atoms with Crippen LogP contribution in [0.3, 0.4) is 0 Å². The minimum atomic E-state index is -0.316. The van der Waals surface area contributed by atoms with Crippen molar-refractivity contribution in [2.75, 3.05) is 13.2 Å². The largest absolute Gasteiger partial charge is 0.368 e. The first-order valence-electron chi connectivity index (χ1n) is 6.53. The second-order valence-corrected chi connectivity index (χ2v) is 5.12. The predicted octanol–water partition coefficient (Wildman–Crippen LogP) is 1.71. The molecule has 1 saturated carbocycles. The van der Waals surface area contributed by atoms with Crippen molar-refractivity contribution >= 4 is 5.91 Å². The molecular weight excluding hydrogens is 216 g/mol. The normalized spacial score (nSPS) is 29.2. The summed E-state index contributed by atoms with van der Waals surface area (Å²) >= 11 is 0. The van der Waals surface area contributed by atoms with Gasteiger partial charge in [-0.3, -0.25) is 4.79 Å². The van der Waals surface area contributed by atoms with E-state index in [9.17, 15) is 4.79 Å². The Morgan fingerprint density at radius 2 is 2.12 bits per heavy atom. The predicted molar refractivity (Wildman–Crippen MR) is 63.1 cm³/mol. The number of hydrogen-bond acceptors (Lipinski definition) is 3. The number of nitrogens with zero attached hydrogens (tertiary/aromatic N) is 2. The maximum Gasteiger partial charge on any atom is 0.253 e. The van der Waals surface area contributed by atoms with E-state index in [0.717, 1.165) is 19.3 Å². The Balaban J connectivity index is 2.04. The van der Waals surface area contributed by atoms with Gasteiger partial charge in [-0.1, -0.05) is 19.8 Å². The monoisotopic (exact) mass is 236 g/mol. The average Bonchev–Trinajstić information content (AvgIpc) is 2.95. The van der Waals surface area contributed by atoms with Crippen LogP contribution in [0.1, 0.15) is 39.0 Å². The van der Waals surface area contributed by atoms with Crippen LogP contribution < -0.4 is 0 Å². The van der Waals surface area contributed by atoms with E-state index in [4.69, 9.17) is 10.00 Å². The molecule has 2 unspecified atom stereocenters. The van der Waals surface area contributed by atoms with Crippen molar-refractivity contribution in [2.45, 2.75) is 51.2 Å². The van der Waals surface area contributed by atoms with Crippen LogP contribution >= 0.6 is 0 Å². The lowest BCUT2D eigenvalue weighted by molar-refractivity contribution is -0.144. The van der Waals surface area contributed by atoms with Crippen LogP contribution in [0.2, 0.25) is 0 Å². The van der Waals surface area contributed by atoms with Gasteiger partial charge in [0.15, 0.2) is 0 Å². The molecule has 0 bridgehead atoms. The van der Waals surface area contributed by atoms with Crippen LogP contribution in [-0.2, 0) is 9.53 Å². The summed E-state index contributed by atoms with van der Waals surface area (Å²) in [4.78, 5) is 14.1. The summed E-state index contributed by atoms with van der Waals surface area (Å²) in [5.41, 5.74) is 0. The molecule has 0 aromatic carbocycles. The van der Waals surface area contributed by atoms with E-state index >= 15 is 0 Å². The number of hydrogen-bond donors (Lipinski definition) is 0. The quantitative estimate of drug-likeness (QED) is 0.701. The molecule has 94 valence electrons. The Morgan fingerprint density at radius 3 is 2.65 bits per heavy atom. The Bertz CT molecular complexity index is 318. The lowest BCUT2D eigenvalue weighted by Gasteiger charge is -2.29. The molecule has 2 aliphatic rings. The second kappa shape index (κ2) is 5.50. The fourth-order valence-corrected chi connectivity index (χ4v) is 2.85. The summed E-state index contributed by atoms with van der Waals surface area (Å²) in [6.45, 7) is 2.92. The van der Waals surface area contributed by atoms with Crippen LogP contribution in [0.25, 0.3) is 0 Å². The molecule has 2 atom stereocenters. The highest BCUT2D eigenvalue weighted by Crippen LogP contribution is 2.27. The van der Waals surface area contributed by atoms with Crippen molar-refractivity contribution in [3.05, 3.63) is 0 Å². The number of amides is 1. The number of rotatable bonds is 3. The highest BCUT2D eigenvalue weighted by molar-refractivity contribution is 5.82. The third kappa shape index (κ3) is 2.61. The zero-order chi connectivity index (χ0) is 12.3. The van der Waals surface area contributed by atoms with Crippen LogP contribution in [0.5, 0.6) is 0 Å². The van der Waals surface area contributed by atoms with Gasteiger partial charge in [0.25, 0.3) is 5.91 Å². The number of carbonyl (C=O) groups is 1. The summed E-state index contributed by atoms with van der Waals surface area (Å²) in [7, 11) is 0. The van der Waals surface area contributed by atoms with Gasteiger partial charge in [0.2, 0.25) is 0 Å². The van der Waals surface area contributed by atoms with Crippen molar-refractivity contribution in [3.8, 4) is 6.07 Å². The topological polar surface area (TPSA) is 53.3 Å². The van der Waals surface area contributed by atoms with Gasteiger partial charge in [-0.2, -0.15) is 5.26 Å². The zero-order valence-electron chi connectivity index (χ0n) is 10.4. The number of nitriles is 1. The molecule has 17 heavy (non-hydrogen) atoms. The Kier molecular flexibility index (Phi) is 4.01. The molecule has 1 saturated heterocycles. The summed E-state index contributed by atoms with van der Waals surface area (Å²) in [6, 6.07) is 2.38. The highest BCUT2D eigenvalue weighted by Gasteiger charge is 2.37. The highest BCUT2D eigenvalue weighted by atomic mass is 16.5. The van der Waals surface area contributed by atoms with Gasteiger partial charge < -0.3 is 9.64 Å². The molecule has 1 aliphatic heterocycles. The molecule has 4 nitrogen and oxygen atoms in total. The lowest BCUT2D eigenvalue weighted by atomic mass is 10.0. The molecule has 0 aromatic heterocycles. The molecule has 1 amide bonds. The Labute approximate surface area is 103 Å². The molecule has 1 heterocycles. The molecule has 0 aromatic rings. The first-order chi connectivity index (χ1) is 8.24. The fraction of sp³-hybridized carbons (Fsp3) is 0.846. The van der Waals surface area contributed by atoms with Gasteiger partial charge in [0, 0.05) is 12.6 Å². The minimum absolute atomic E-state index is 0.0310. The molecule has 1 aliphatic carbocycles. The van der Waals surface area contributed by atoms with E-state index in [1.807, 2.05) is 0 Å². The first kappa shape index (κ1) is 12.4. The standard InChI is InChI=1S/C13H20N2O2/c1-10-6-9-17-12(10)13(16)15(8-7-14)11-4-2-3-5-11/h10-12H,2-6,8-9H2,1H3. The number of ether oxygens (including phenoxy) is 1. The Hall–Kier alpha value is -1.08. The SMILES string of the molecule is CC1CCOC1C(=O)N(CC#N)C1CCCC1.